The molecular weight excluding hydrogens is 283 g/mol. The minimum absolute atomic E-state index is 0.189. The monoisotopic (exact) mass is 289 g/mol. The Morgan fingerprint density at radius 2 is 1.79 bits per heavy atom. The maximum atomic E-state index is 11.9. The van der Waals surface area contributed by atoms with Crippen LogP contribution in [0.1, 0.15) is 5.56 Å². The second kappa shape index (κ2) is 4.96. The predicted molar refractivity (Wildman–Crippen MR) is 62.2 cm³/mol. The lowest BCUT2D eigenvalue weighted by atomic mass is 10.2. The minimum atomic E-state index is -4.74. The minimum Gasteiger partial charge on any atom is -0.406 e. The number of ether oxygens (including phenoxy) is 1. The fourth-order valence-electron chi connectivity index (χ4n) is 1.34. The van der Waals surface area contributed by atoms with Gasteiger partial charge in [0.1, 0.15) is 5.75 Å². The molecule has 1 aromatic rings. The van der Waals surface area contributed by atoms with Gasteiger partial charge in [0, 0.05) is 0 Å². The van der Waals surface area contributed by atoms with Crippen molar-refractivity contribution < 1.29 is 27.5 Å². The molecule has 0 spiro atoms. The molecular formula is C11H6F3NO3S. The van der Waals surface area contributed by atoms with Crippen molar-refractivity contribution >= 4 is 29.0 Å². The molecule has 100 valence electrons. The van der Waals surface area contributed by atoms with Crippen LogP contribution in [-0.4, -0.2) is 17.5 Å². The Morgan fingerprint density at radius 3 is 2.26 bits per heavy atom. The Kier molecular flexibility index (Phi) is 3.52. The SMILES string of the molecule is O=C1NC(=O)/C(=C\c2ccc(OC(F)(F)F)cc2)S1. The molecule has 1 aromatic carbocycles. The maximum absolute atomic E-state index is 11.9. The quantitative estimate of drug-likeness (QED) is 0.851. The average Bonchev–Trinajstić information content (AvgIpc) is 2.58. The molecule has 0 atom stereocenters. The molecule has 1 N–H and O–H groups in total. The van der Waals surface area contributed by atoms with Crippen molar-refractivity contribution in [3.63, 3.8) is 0 Å². The molecule has 0 radical (unpaired) electrons. The number of nitrogens with one attached hydrogen (secondary N) is 1. The molecule has 8 heteroatoms. The van der Waals surface area contributed by atoms with Gasteiger partial charge in [-0.1, -0.05) is 12.1 Å². The van der Waals surface area contributed by atoms with Gasteiger partial charge in [0.15, 0.2) is 0 Å². The van der Waals surface area contributed by atoms with E-state index >= 15 is 0 Å². The Labute approximate surface area is 109 Å². The molecule has 2 rings (SSSR count). The first-order valence-corrected chi connectivity index (χ1v) is 5.76. The van der Waals surface area contributed by atoms with Gasteiger partial charge in [0.05, 0.1) is 4.91 Å². The summed E-state index contributed by atoms with van der Waals surface area (Å²) in [5.41, 5.74) is 0.488. The van der Waals surface area contributed by atoms with Gasteiger partial charge in [-0.15, -0.1) is 13.2 Å². The van der Waals surface area contributed by atoms with E-state index < -0.39 is 17.5 Å². The maximum Gasteiger partial charge on any atom is 0.573 e. The normalized spacial score (nSPS) is 17.7. The molecule has 1 aliphatic heterocycles. The van der Waals surface area contributed by atoms with Crippen LogP contribution < -0.4 is 10.1 Å². The van der Waals surface area contributed by atoms with E-state index in [1.165, 1.54) is 18.2 Å². The van der Waals surface area contributed by atoms with Gasteiger partial charge in [-0.25, -0.2) is 0 Å². The van der Waals surface area contributed by atoms with E-state index in [0.29, 0.717) is 5.56 Å². The average molecular weight is 289 g/mol. The molecule has 0 saturated carbocycles. The van der Waals surface area contributed by atoms with E-state index in [0.717, 1.165) is 23.9 Å². The zero-order valence-corrected chi connectivity index (χ0v) is 9.97. The highest BCUT2D eigenvalue weighted by Crippen LogP contribution is 2.27. The molecule has 0 aromatic heterocycles. The molecule has 1 heterocycles. The number of hydrogen-bond donors (Lipinski definition) is 1. The number of alkyl halides is 3. The topological polar surface area (TPSA) is 55.4 Å². The molecule has 1 fully saturated rings. The van der Waals surface area contributed by atoms with Crippen LogP contribution in [0.4, 0.5) is 18.0 Å². The second-order valence-electron chi connectivity index (χ2n) is 3.47. The Bertz CT molecular complexity index is 551. The summed E-state index contributed by atoms with van der Waals surface area (Å²) in [5, 5.41) is 1.59. The van der Waals surface area contributed by atoms with Crippen LogP contribution in [0.3, 0.4) is 0 Å². The lowest BCUT2D eigenvalue weighted by Crippen LogP contribution is -2.17. The number of carbonyl (C=O) groups excluding carboxylic acids is 2. The zero-order valence-electron chi connectivity index (χ0n) is 9.15. The zero-order chi connectivity index (χ0) is 14.0. The van der Waals surface area contributed by atoms with Gasteiger partial charge < -0.3 is 4.74 Å². The number of rotatable bonds is 2. The first-order valence-electron chi connectivity index (χ1n) is 4.94. The van der Waals surface area contributed by atoms with Gasteiger partial charge in [0.25, 0.3) is 11.1 Å². The molecule has 1 saturated heterocycles. The largest absolute Gasteiger partial charge is 0.573 e. The van der Waals surface area contributed by atoms with E-state index in [2.05, 4.69) is 10.1 Å². The molecule has 4 nitrogen and oxygen atoms in total. The van der Waals surface area contributed by atoms with Crippen LogP contribution in [0.5, 0.6) is 5.75 Å². The summed E-state index contributed by atoms with van der Waals surface area (Å²) in [6, 6.07) is 4.95. The highest BCUT2D eigenvalue weighted by atomic mass is 32.2. The van der Waals surface area contributed by atoms with Crippen molar-refractivity contribution in [2.75, 3.05) is 0 Å². The molecule has 2 amide bonds. The molecule has 0 aliphatic carbocycles. The third-order valence-electron chi connectivity index (χ3n) is 2.05. The molecule has 19 heavy (non-hydrogen) atoms. The summed E-state index contributed by atoms with van der Waals surface area (Å²) < 4.78 is 39.5. The third-order valence-corrected chi connectivity index (χ3v) is 2.86. The van der Waals surface area contributed by atoms with E-state index in [-0.39, 0.29) is 10.7 Å². The summed E-state index contributed by atoms with van der Waals surface area (Å²) in [4.78, 5) is 22.3. The number of hydrogen-bond acceptors (Lipinski definition) is 4. The lowest BCUT2D eigenvalue weighted by molar-refractivity contribution is -0.274. The number of halogens is 3. The van der Waals surface area contributed by atoms with E-state index in [1.807, 2.05) is 0 Å². The molecule has 0 unspecified atom stereocenters. The Hall–Kier alpha value is -1.96. The summed E-state index contributed by atoms with van der Waals surface area (Å²) >= 11 is 0.733. The van der Waals surface area contributed by atoms with Crippen molar-refractivity contribution in [2.45, 2.75) is 6.36 Å². The fourth-order valence-corrected chi connectivity index (χ4v) is 2.02. The van der Waals surface area contributed by atoms with Crippen molar-refractivity contribution in [2.24, 2.45) is 0 Å². The standard InChI is InChI=1S/C11H6F3NO3S/c12-11(13,14)18-7-3-1-6(2-4-7)5-8-9(16)15-10(17)19-8/h1-5H,(H,15,16,17)/b8-5+. The van der Waals surface area contributed by atoms with Gasteiger partial charge in [0.2, 0.25) is 0 Å². The summed E-state index contributed by atoms with van der Waals surface area (Å²) in [6.45, 7) is 0. The van der Waals surface area contributed by atoms with Gasteiger partial charge >= 0.3 is 6.36 Å². The smallest absolute Gasteiger partial charge is 0.406 e. The van der Waals surface area contributed by atoms with Gasteiger partial charge in [-0.05, 0) is 35.5 Å². The molecule has 1 aliphatic rings. The molecule has 0 bridgehead atoms. The highest BCUT2D eigenvalue weighted by molar-refractivity contribution is 8.18. The Morgan fingerprint density at radius 1 is 1.16 bits per heavy atom. The van der Waals surface area contributed by atoms with Crippen molar-refractivity contribution in [3.8, 4) is 5.75 Å². The van der Waals surface area contributed by atoms with Gasteiger partial charge in [-0.3, -0.25) is 14.9 Å². The van der Waals surface area contributed by atoms with Crippen LogP contribution in [0.2, 0.25) is 0 Å². The van der Waals surface area contributed by atoms with Crippen LogP contribution in [0, 0.1) is 0 Å². The number of benzene rings is 1. The van der Waals surface area contributed by atoms with Crippen LogP contribution in [0.25, 0.3) is 6.08 Å². The Balaban J connectivity index is 2.13. The predicted octanol–water partition coefficient (Wildman–Crippen LogP) is 2.91. The van der Waals surface area contributed by atoms with E-state index in [1.54, 1.807) is 0 Å². The van der Waals surface area contributed by atoms with Crippen LogP contribution >= 0.6 is 11.8 Å². The number of thioether (sulfide) groups is 1. The highest BCUT2D eigenvalue weighted by Gasteiger charge is 2.31. The number of imide groups is 1. The summed E-state index contributed by atoms with van der Waals surface area (Å²) in [6.07, 6.45) is -3.34. The second-order valence-corrected chi connectivity index (χ2v) is 4.48. The van der Waals surface area contributed by atoms with Crippen molar-refractivity contribution in [1.29, 1.82) is 0 Å². The van der Waals surface area contributed by atoms with E-state index in [4.69, 9.17) is 0 Å². The van der Waals surface area contributed by atoms with E-state index in [9.17, 15) is 22.8 Å². The van der Waals surface area contributed by atoms with Crippen LogP contribution in [-0.2, 0) is 4.79 Å². The summed E-state index contributed by atoms with van der Waals surface area (Å²) in [7, 11) is 0. The number of carbonyl (C=O) groups is 2. The lowest BCUT2D eigenvalue weighted by Gasteiger charge is -2.08. The van der Waals surface area contributed by atoms with Crippen molar-refractivity contribution in [1.82, 2.24) is 5.32 Å². The fraction of sp³-hybridized carbons (Fsp3) is 0.0909. The van der Waals surface area contributed by atoms with Crippen molar-refractivity contribution in [3.05, 3.63) is 34.7 Å². The van der Waals surface area contributed by atoms with Crippen LogP contribution in [0.15, 0.2) is 29.2 Å². The third kappa shape index (κ3) is 3.75. The van der Waals surface area contributed by atoms with Gasteiger partial charge in [-0.2, -0.15) is 0 Å². The first kappa shape index (κ1) is 13.5. The number of amides is 2. The first-order chi connectivity index (χ1) is 8.83. The summed E-state index contributed by atoms with van der Waals surface area (Å²) in [5.74, 6) is -0.875.